The van der Waals surface area contributed by atoms with Crippen molar-refractivity contribution in [1.82, 2.24) is 29.6 Å². The van der Waals surface area contributed by atoms with Gasteiger partial charge in [-0.2, -0.15) is 5.10 Å². The summed E-state index contributed by atoms with van der Waals surface area (Å²) in [6, 6.07) is 13.1. The number of benzene rings is 1. The molecule has 1 aliphatic rings. The molecule has 1 aliphatic heterocycles. The molecule has 0 aliphatic carbocycles. The van der Waals surface area contributed by atoms with Crippen LogP contribution in [0.15, 0.2) is 55.0 Å². The summed E-state index contributed by atoms with van der Waals surface area (Å²) >= 11 is 0. The van der Waals surface area contributed by atoms with Crippen molar-refractivity contribution >= 4 is 28.9 Å². The van der Waals surface area contributed by atoms with Crippen LogP contribution >= 0.6 is 0 Å². The number of amides is 1. The first-order valence-electron chi connectivity index (χ1n) is 10.3. The summed E-state index contributed by atoms with van der Waals surface area (Å²) in [5, 5.41) is 11.0. The van der Waals surface area contributed by atoms with E-state index in [1.54, 1.807) is 42.3 Å². The molecule has 4 heterocycles. The predicted octanol–water partition coefficient (Wildman–Crippen LogP) is 3.35. The van der Waals surface area contributed by atoms with Crippen LogP contribution in [0.4, 0.5) is 23.0 Å². The van der Waals surface area contributed by atoms with Crippen molar-refractivity contribution < 1.29 is 9.53 Å². The Morgan fingerprint density at radius 3 is 2.61 bits per heavy atom. The van der Waals surface area contributed by atoms with Crippen LogP contribution in [0.5, 0.6) is 5.75 Å². The number of anilines is 4. The van der Waals surface area contributed by atoms with E-state index in [1.807, 2.05) is 43.4 Å². The average Bonchev–Trinajstić information content (AvgIpc) is 3.37. The van der Waals surface area contributed by atoms with Gasteiger partial charge in [-0.1, -0.05) is 12.1 Å². The first-order chi connectivity index (χ1) is 16.0. The number of carbonyl (C=O) groups is 1. The third-order valence-electron chi connectivity index (χ3n) is 5.29. The Hall–Kier alpha value is -4.47. The summed E-state index contributed by atoms with van der Waals surface area (Å²) in [7, 11) is 5.16. The molecule has 2 N–H and O–H groups in total. The molecule has 0 saturated heterocycles. The van der Waals surface area contributed by atoms with Crippen LogP contribution in [0.2, 0.25) is 0 Å². The number of aryl methyl sites for hydroxylation is 1. The molecule has 10 heteroatoms. The van der Waals surface area contributed by atoms with Gasteiger partial charge in [0.15, 0.2) is 11.6 Å². The van der Waals surface area contributed by atoms with Gasteiger partial charge in [0.25, 0.3) is 5.91 Å². The van der Waals surface area contributed by atoms with Crippen molar-refractivity contribution in [2.24, 2.45) is 7.05 Å². The molecule has 0 saturated carbocycles. The Morgan fingerprint density at radius 2 is 1.88 bits per heavy atom. The number of fused-ring (bicyclic) bond motifs is 1. The summed E-state index contributed by atoms with van der Waals surface area (Å²) < 4.78 is 7.35. The summed E-state index contributed by atoms with van der Waals surface area (Å²) in [5.74, 6) is 2.28. The van der Waals surface area contributed by atoms with Gasteiger partial charge in [-0.25, -0.2) is 15.0 Å². The molecule has 4 aromatic rings. The average molecular weight is 442 g/mol. The zero-order valence-electron chi connectivity index (χ0n) is 18.4. The molecular weight excluding hydrogens is 420 g/mol. The van der Waals surface area contributed by atoms with E-state index in [2.05, 4.69) is 30.7 Å². The number of ether oxygens (including phenoxy) is 1. The minimum absolute atomic E-state index is 0.0918. The van der Waals surface area contributed by atoms with Crippen molar-refractivity contribution in [3.05, 3.63) is 66.2 Å². The number of hydrogen-bond donors (Lipinski definition) is 2. The molecular formula is C23H22N8O2. The molecule has 0 spiro atoms. The van der Waals surface area contributed by atoms with Gasteiger partial charge in [0, 0.05) is 26.4 Å². The highest BCUT2D eigenvalue weighted by atomic mass is 16.5. The van der Waals surface area contributed by atoms with E-state index >= 15 is 0 Å². The topological polar surface area (TPSA) is 110 Å². The van der Waals surface area contributed by atoms with Crippen LogP contribution in [0.3, 0.4) is 0 Å². The lowest BCUT2D eigenvalue weighted by atomic mass is 10.1. The molecule has 0 atom stereocenters. The maximum atomic E-state index is 12.9. The minimum atomic E-state index is -0.0918. The quantitative estimate of drug-likeness (QED) is 0.468. The molecule has 166 valence electrons. The maximum absolute atomic E-state index is 12.9. The Bertz CT molecular complexity index is 1340. The fraction of sp³-hybridized carbons (Fsp3) is 0.174. The minimum Gasteiger partial charge on any atom is -0.494 e. The largest absolute Gasteiger partial charge is 0.494 e. The van der Waals surface area contributed by atoms with E-state index in [-0.39, 0.29) is 5.91 Å². The Kier molecular flexibility index (Phi) is 5.09. The lowest BCUT2D eigenvalue weighted by molar-refractivity contribution is 0.0817. The van der Waals surface area contributed by atoms with Crippen LogP contribution in [0.25, 0.3) is 11.4 Å². The zero-order chi connectivity index (χ0) is 22.9. The van der Waals surface area contributed by atoms with Crippen molar-refractivity contribution in [3.8, 4) is 17.1 Å². The second kappa shape index (κ2) is 8.23. The highest BCUT2D eigenvalue weighted by Gasteiger charge is 2.30. The number of nitrogens with zero attached hydrogens (tertiary/aromatic N) is 6. The van der Waals surface area contributed by atoms with E-state index in [0.29, 0.717) is 52.4 Å². The number of rotatable bonds is 6. The highest BCUT2D eigenvalue weighted by molar-refractivity contribution is 6.04. The summed E-state index contributed by atoms with van der Waals surface area (Å²) in [5.41, 5.74) is 3.27. The highest BCUT2D eigenvalue weighted by Crippen LogP contribution is 2.39. The molecule has 0 fully saturated rings. The molecule has 1 amide bonds. The summed E-state index contributed by atoms with van der Waals surface area (Å²) in [6.45, 7) is 0.426. The number of pyridine rings is 2. The van der Waals surface area contributed by atoms with Gasteiger partial charge in [-0.15, -0.1) is 0 Å². The van der Waals surface area contributed by atoms with Gasteiger partial charge in [0.2, 0.25) is 0 Å². The van der Waals surface area contributed by atoms with Gasteiger partial charge in [0.1, 0.15) is 18.0 Å². The predicted molar refractivity (Wildman–Crippen MR) is 124 cm³/mol. The number of nitrogens with one attached hydrogen (secondary N) is 2. The Balaban J connectivity index is 1.58. The monoisotopic (exact) mass is 442 g/mol. The number of aromatic nitrogens is 5. The molecule has 1 aromatic carbocycles. The Morgan fingerprint density at radius 1 is 1.00 bits per heavy atom. The molecule has 3 aromatic heterocycles. The third kappa shape index (κ3) is 3.82. The number of carbonyl (C=O) groups excluding carboxylic acids is 1. The normalized spacial score (nSPS) is 12.6. The van der Waals surface area contributed by atoms with Crippen molar-refractivity contribution in [3.63, 3.8) is 0 Å². The van der Waals surface area contributed by atoms with Gasteiger partial charge in [0.05, 0.1) is 41.9 Å². The van der Waals surface area contributed by atoms with Crippen LogP contribution in [-0.2, 0) is 13.6 Å². The SMILES string of the molecule is COc1c(Nc2cc(Nc3ccccn3)nc3c2C(=O)N(C)C3)cccc1-c1ncn(C)n1. The molecule has 10 nitrogen and oxygen atoms in total. The fourth-order valence-corrected chi connectivity index (χ4v) is 3.81. The van der Waals surface area contributed by atoms with E-state index in [4.69, 9.17) is 4.74 Å². The maximum Gasteiger partial charge on any atom is 0.257 e. The van der Waals surface area contributed by atoms with E-state index in [1.165, 1.54) is 0 Å². The van der Waals surface area contributed by atoms with Crippen molar-refractivity contribution in [1.29, 1.82) is 0 Å². The van der Waals surface area contributed by atoms with E-state index in [0.717, 1.165) is 5.56 Å². The van der Waals surface area contributed by atoms with Crippen LogP contribution in [0.1, 0.15) is 16.1 Å². The molecule has 33 heavy (non-hydrogen) atoms. The smallest absolute Gasteiger partial charge is 0.257 e. The first kappa shape index (κ1) is 20.4. The van der Waals surface area contributed by atoms with E-state index in [9.17, 15) is 4.79 Å². The molecule has 0 unspecified atom stereocenters. The van der Waals surface area contributed by atoms with Crippen LogP contribution in [0, 0.1) is 0 Å². The fourth-order valence-electron chi connectivity index (χ4n) is 3.81. The van der Waals surface area contributed by atoms with Crippen molar-refractivity contribution in [2.75, 3.05) is 24.8 Å². The number of para-hydroxylation sites is 1. The zero-order valence-corrected chi connectivity index (χ0v) is 18.4. The second-order valence-corrected chi connectivity index (χ2v) is 7.63. The molecule has 0 bridgehead atoms. The van der Waals surface area contributed by atoms with Gasteiger partial charge in [-0.05, 0) is 24.3 Å². The summed E-state index contributed by atoms with van der Waals surface area (Å²) in [6.07, 6.45) is 3.34. The standard InChI is InChI=1S/C23H22N8O2/c1-30-12-17-20(23(30)32)16(11-19(27-17)28-18-9-4-5-10-24-18)26-15-8-6-7-14(21(15)33-3)22-25-13-31(2)29-22/h4-11,13H,12H2,1-3H3,(H2,24,26,27,28). The second-order valence-electron chi connectivity index (χ2n) is 7.63. The summed E-state index contributed by atoms with van der Waals surface area (Å²) in [4.78, 5) is 27.8. The third-order valence-corrected chi connectivity index (χ3v) is 5.29. The van der Waals surface area contributed by atoms with Crippen molar-refractivity contribution in [2.45, 2.75) is 6.54 Å². The van der Waals surface area contributed by atoms with Gasteiger partial charge < -0.3 is 20.3 Å². The number of hydrogen-bond acceptors (Lipinski definition) is 8. The lowest BCUT2D eigenvalue weighted by Gasteiger charge is -2.16. The molecule has 0 radical (unpaired) electrons. The van der Waals surface area contributed by atoms with Crippen LogP contribution < -0.4 is 15.4 Å². The van der Waals surface area contributed by atoms with E-state index < -0.39 is 0 Å². The first-order valence-corrected chi connectivity index (χ1v) is 10.3. The van der Waals surface area contributed by atoms with Gasteiger partial charge in [-0.3, -0.25) is 9.48 Å². The lowest BCUT2D eigenvalue weighted by Crippen LogP contribution is -2.18. The number of methoxy groups -OCH3 is 1. The molecule has 5 rings (SSSR count). The van der Waals surface area contributed by atoms with Crippen LogP contribution in [-0.4, -0.2) is 49.7 Å². The Labute approximate surface area is 190 Å². The van der Waals surface area contributed by atoms with Gasteiger partial charge >= 0.3 is 0 Å².